The fourth-order valence-electron chi connectivity index (χ4n) is 3.65. The van der Waals surface area contributed by atoms with E-state index < -0.39 is 17.8 Å². The van der Waals surface area contributed by atoms with E-state index in [0.29, 0.717) is 33.3 Å². The van der Waals surface area contributed by atoms with Crippen molar-refractivity contribution in [3.05, 3.63) is 45.1 Å². The number of rotatable bonds is 2. The number of ketones is 1. The summed E-state index contributed by atoms with van der Waals surface area (Å²) in [6.07, 6.45) is 0.494. The molecule has 3 atom stereocenters. The summed E-state index contributed by atoms with van der Waals surface area (Å²) in [5.74, 6) is -2.72. The molecule has 0 unspecified atom stereocenters. The number of nitrogens with one attached hydrogen (secondary N) is 1. The average Bonchev–Trinajstić information content (AvgIpc) is 2.56. The van der Waals surface area contributed by atoms with Crippen LogP contribution in [0.15, 0.2) is 29.5 Å². The summed E-state index contributed by atoms with van der Waals surface area (Å²) >= 11 is 12.4. The number of benzene rings is 1. The maximum absolute atomic E-state index is 13.1. The molecule has 1 aliphatic carbocycles. The molecule has 0 bridgehead atoms. The maximum Gasteiger partial charge on any atom is 0.316 e. The van der Waals surface area contributed by atoms with E-state index in [1.807, 2.05) is 0 Å². The summed E-state index contributed by atoms with van der Waals surface area (Å²) in [6, 6.07) is 5.12. The molecule has 132 valence electrons. The van der Waals surface area contributed by atoms with Crippen molar-refractivity contribution >= 4 is 40.9 Å². The molecule has 0 spiro atoms. The second-order valence-electron chi connectivity index (χ2n) is 6.39. The van der Waals surface area contributed by atoms with Gasteiger partial charge < -0.3 is 10.1 Å². The molecular weight excluding hydrogens is 365 g/mol. The molecule has 5 nitrogen and oxygen atoms in total. The number of carbonyl (C=O) groups excluding carboxylic acids is 3. The third-order valence-electron chi connectivity index (χ3n) is 4.81. The van der Waals surface area contributed by atoms with Crippen molar-refractivity contribution < 1.29 is 19.1 Å². The highest BCUT2D eigenvalue weighted by Crippen LogP contribution is 2.44. The van der Waals surface area contributed by atoms with Crippen molar-refractivity contribution in [1.82, 2.24) is 5.32 Å². The van der Waals surface area contributed by atoms with E-state index in [2.05, 4.69) is 5.32 Å². The van der Waals surface area contributed by atoms with Gasteiger partial charge in [-0.15, -0.1) is 0 Å². The Kier molecular flexibility index (Phi) is 4.89. The van der Waals surface area contributed by atoms with Crippen molar-refractivity contribution in [2.75, 3.05) is 7.11 Å². The summed E-state index contributed by atoms with van der Waals surface area (Å²) in [6.45, 7) is 1.80. The molecule has 25 heavy (non-hydrogen) atoms. The molecule has 1 N–H and O–H groups in total. The van der Waals surface area contributed by atoms with Gasteiger partial charge in [-0.3, -0.25) is 14.4 Å². The summed E-state index contributed by atoms with van der Waals surface area (Å²) in [5.41, 5.74) is 1.61. The molecular formula is C18H17Cl2NO4. The Morgan fingerprint density at radius 3 is 2.64 bits per heavy atom. The van der Waals surface area contributed by atoms with E-state index in [-0.39, 0.29) is 24.0 Å². The Labute approximate surface area is 155 Å². The highest BCUT2D eigenvalue weighted by Gasteiger charge is 2.45. The second-order valence-corrected chi connectivity index (χ2v) is 7.17. The van der Waals surface area contributed by atoms with Gasteiger partial charge in [0.2, 0.25) is 5.91 Å². The van der Waals surface area contributed by atoms with Gasteiger partial charge in [0.05, 0.1) is 17.2 Å². The molecule has 0 fully saturated rings. The lowest BCUT2D eigenvalue weighted by molar-refractivity contribution is -0.151. The van der Waals surface area contributed by atoms with Crippen molar-refractivity contribution in [1.29, 1.82) is 0 Å². The molecule has 3 rings (SSSR count). The van der Waals surface area contributed by atoms with E-state index >= 15 is 0 Å². The smallest absolute Gasteiger partial charge is 0.316 e. The van der Waals surface area contributed by atoms with Crippen molar-refractivity contribution in [2.45, 2.75) is 25.7 Å². The standard InChI is InChI=1S/C18H17Cl2NO4/c1-8-6-12-15(17(23)14(8)18(24)25-2)10(7-13(22)21-12)9-4-3-5-11(19)16(9)20/h3-5,8,10,14H,6-7H2,1-2H3,(H,21,22)/t8-,10-,14+/m1/s1. The monoisotopic (exact) mass is 381 g/mol. The van der Waals surface area contributed by atoms with Gasteiger partial charge in [-0.1, -0.05) is 42.3 Å². The van der Waals surface area contributed by atoms with Crippen molar-refractivity contribution in [3.63, 3.8) is 0 Å². The van der Waals surface area contributed by atoms with Gasteiger partial charge in [0.15, 0.2) is 5.78 Å². The van der Waals surface area contributed by atoms with Crippen LogP contribution in [0.25, 0.3) is 0 Å². The summed E-state index contributed by atoms with van der Waals surface area (Å²) < 4.78 is 4.80. The van der Waals surface area contributed by atoms with Gasteiger partial charge in [0.25, 0.3) is 0 Å². The molecule has 1 aliphatic heterocycles. The summed E-state index contributed by atoms with van der Waals surface area (Å²) in [5, 5.41) is 3.45. The molecule has 1 aromatic rings. The van der Waals surface area contributed by atoms with Crippen LogP contribution in [0.5, 0.6) is 0 Å². The number of Topliss-reactive ketones (excluding diaryl/α,β-unsaturated/α-hetero) is 1. The topological polar surface area (TPSA) is 72.5 Å². The minimum atomic E-state index is -0.876. The van der Waals surface area contributed by atoms with E-state index in [9.17, 15) is 14.4 Å². The van der Waals surface area contributed by atoms with Crippen LogP contribution in [0.4, 0.5) is 0 Å². The van der Waals surface area contributed by atoms with Crippen LogP contribution in [-0.2, 0) is 19.1 Å². The number of carbonyl (C=O) groups is 3. The molecule has 0 saturated heterocycles. The Morgan fingerprint density at radius 1 is 1.24 bits per heavy atom. The Morgan fingerprint density at radius 2 is 1.96 bits per heavy atom. The van der Waals surface area contributed by atoms with Gasteiger partial charge in [0.1, 0.15) is 5.92 Å². The Balaban J connectivity index is 2.12. The molecule has 1 amide bonds. The first kappa shape index (κ1) is 18.0. The largest absolute Gasteiger partial charge is 0.468 e. The van der Waals surface area contributed by atoms with Gasteiger partial charge in [-0.2, -0.15) is 0 Å². The number of esters is 1. The number of hydrogen-bond donors (Lipinski definition) is 1. The average molecular weight is 382 g/mol. The predicted octanol–water partition coefficient (Wildman–Crippen LogP) is 3.25. The molecule has 1 heterocycles. The van der Waals surface area contributed by atoms with E-state index in [1.54, 1.807) is 25.1 Å². The van der Waals surface area contributed by atoms with E-state index in [0.717, 1.165) is 0 Å². The quantitative estimate of drug-likeness (QED) is 0.630. The second kappa shape index (κ2) is 6.81. The number of methoxy groups -OCH3 is 1. The fourth-order valence-corrected chi connectivity index (χ4v) is 4.09. The van der Waals surface area contributed by atoms with Crippen LogP contribution >= 0.6 is 23.2 Å². The van der Waals surface area contributed by atoms with E-state index in [4.69, 9.17) is 27.9 Å². The van der Waals surface area contributed by atoms with Crippen LogP contribution in [0.1, 0.15) is 31.2 Å². The van der Waals surface area contributed by atoms with Crippen LogP contribution < -0.4 is 5.32 Å². The van der Waals surface area contributed by atoms with Gasteiger partial charge in [-0.05, 0) is 24.0 Å². The zero-order valence-corrected chi connectivity index (χ0v) is 15.3. The van der Waals surface area contributed by atoms with Crippen LogP contribution in [0.2, 0.25) is 10.0 Å². The first-order valence-electron chi connectivity index (χ1n) is 7.94. The van der Waals surface area contributed by atoms with Crippen molar-refractivity contribution in [3.8, 4) is 0 Å². The van der Waals surface area contributed by atoms with Crippen LogP contribution in [-0.4, -0.2) is 24.8 Å². The van der Waals surface area contributed by atoms with Crippen LogP contribution in [0, 0.1) is 11.8 Å². The molecule has 2 aliphatic rings. The first-order valence-corrected chi connectivity index (χ1v) is 8.69. The number of amides is 1. The lowest BCUT2D eigenvalue weighted by Gasteiger charge is -2.36. The van der Waals surface area contributed by atoms with Gasteiger partial charge >= 0.3 is 5.97 Å². The summed E-state index contributed by atoms with van der Waals surface area (Å²) in [4.78, 5) is 37.3. The number of allylic oxidation sites excluding steroid dienone is 2. The third-order valence-corrected chi connectivity index (χ3v) is 5.64. The number of ether oxygens (including phenoxy) is 1. The third kappa shape index (κ3) is 3.07. The maximum atomic E-state index is 13.1. The predicted molar refractivity (Wildman–Crippen MR) is 93.3 cm³/mol. The molecule has 0 saturated carbocycles. The lowest BCUT2D eigenvalue weighted by atomic mass is 9.70. The number of halogens is 2. The molecule has 1 aromatic carbocycles. The molecule has 0 radical (unpaired) electrons. The molecule has 7 heteroatoms. The van der Waals surface area contributed by atoms with E-state index in [1.165, 1.54) is 7.11 Å². The van der Waals surface area contributed by atoms with Crippen molar-refractivity contribution in [2.24, 2.45) is 11.8 Å². The highest BCUT2D eigenvalue weighted by molar-refractivity contribution is 6.42. The van der Waals surface area contributed by atoms with Crippen LogP contribution in [0.3, 0.4) is 0 Å². The Bertz CT molecular complexity index is 802. The SMILES string of the molecule is COC(=O)[C@@H]1C(=O)C2=C(C[C@H]1C)NC(=O)C[C@@H]2c1cccc(Cl)c1Cl. The minimum Gasteiger partial charge on any atom is -0.468 e. The highest BCUT2D eigenvalue weighted by atomic mass is 35.5. The minimum absolute atomic E-state index is 0.0763. The van der Waals surface area contributed by atoms with Gasteiger partial charge in [-0.25, -0.2) is 0 Å². The Hall–Kier alpha value is -1.85. The zero-order valence-electron chi connectivity index (χ0n) is 13.8. The normalized spacial score (nSPS) is 26.2. The fraction of sp³-hybridized carbons (Fsp3) is 0.389. The first-order chi connectivity index (χ1) is 11.8. The lowest BCUT2D eigenvalue weighted by Crippen LogP contribution is -2.44. The molecule has 0 aromatic heterocycles. The number of hydrogen-bond acceptors (Lipinski definition) is 4. The van der Waals surface area contributed by atoms with Gasteiger partial charge in [0, 0.05) is 23.6 Å². The zero-order chi connectivity index (χ0) is 18.3. The summed E-state index contributed by atoms with van der Waals surface area (Å²) in [7, 11) is 1.26.